The maximum Gasteiger partial charge on any atom is 0.125 e. The maximum absolute atomic E-state index is 13.1. The van der Waals surface area contributed by atoms with Gasteiger partial charge in [0.25, 0.3) is 0 Å². The fourth-order valence-corrected chi connectivity index (χ4v) is 2.23. The minimum absolute atomic E-state index is 0.166. The number of nitrogens with two attached hydrogens (primary N) is 1. The Bertz CT molecular complexity index is 466. The Morgan fingerprint density at radius 3 is 3.06 bits per heavy atom. The van der Waals surface area contributed by atoms with E-state index in [0.29, 0.717) is 5.57 Å². The van der Waals surface area contributed by atoms with E-state index >= 15 is 0 Å². The summed E-state index contributed by atoms with van der Waals surface area (Å²) in [4.78, 5) is 10.9. The highest BCUT2D eigenvalue weighted by Gasteiger charge is 2.23. The highest BCUT2D eigenvalue weighted by atomic mass is 19.1. The average molecular weight is 234 g/mol. The van der Waals surface area contributed by atoms with E-state index in [1.807, 2.05) is 5.94 Å². The second kappa shape index (κ2) is 5.23. The van der Waals surface area contributed by atoms with Gasteiger partial charge in [-0.1, -0.05) is 6.07 Å². The van der Waals surface area contributed by atoms with Gasteiger partial charge in [-0.2, -0.15) is 0 Å². The van der Waals surface area contributed by atoms with Gasteiger partial charge < -0.3 is 11.1 Å². The minimum atomic E-state index is -0.304. The van der Waals surface area contributed by atoms with E-state index in [4.69, 9.17) is 5.73 Å². The number of carbonyl (C=O) groups excluding carboxylic acids is 1. The van der Waals surface area contributed by atoms with Gasteiger partial charge in [0.05, 0.1) is 6.04 Å². The van der Waals surface area contributed by atoms with Crippen molar-refractivity contribution < 1.29 is 9.18 Å². The number of halogens is 1. The number of hydrogen-bond acceptors (Lipinski definition) is 3. The van der Waals surface area contributed by atoms with E-state index in [9.17, 15) is 9.18 Å². The molecular weight excluding hydrogens is 219 g/mol. The first kappa shape index (κ1) is 12.0. The van der Waals surface area contributed by atoms with Gasteiger partial charge in [-0.05, 0) is 42.6 Å². The second-order valence-electron chi connectivity index (χ2n) is 4.17. The monoisotopic (exact) mass is 234 g/mol. The van der Waals surface area contributed by atoms with Gasteiger partial charge in [-0.15, -0.1) is 0 Å². The van der Waals surface area contributed by atoms with Crippen LogP contribution < -0.4 is 11.1 Å². The van der Waals surface area contributed by atoms with Gasteiger partial charge in [0.15, 0.2) is 0 Å². The standard InChI is InChI=1S/C13H15FN2O/c14-11-3-4-12(10(6-11)7-15)13-9(8-17)2-1-5-16-13/h3-4,6,13,16H,1-2,5,7,15H2. The molecular formula is C13H15FN2O. The summed E-state index contributed by atoms with van der Waals surface area (Å²) in [6.45, 7) is 1.11. The first-order valence-corrected chi connectivity index (χ1v) is 5.72. The predicted molar refractivity (Wildman–Crippen MR) is 63.5 cm³/mol. The summed E-state index contributed by atoms with van der Waals surface area (Å²) in [5, 5.41) is 3.25. The molecule has 0 radical (unpaired) electrons. The Morgan fingerprint density at radius 1 is 1.53 bits per heavy atom. The molecule has 1 unspecified atom stereocenters. The third-order valence-corrected chi connectivity index (χ3v) is 3.09. The first-order valence-electron chi connectivity index (χ1n) is 5.72. The Balaban J connectivity index is 2.41. The van der Waals surface area contributed by atoms with Crippen LogP contribution in [-0.4, -0.2) is 12.5 Å². The van der Waals surface area contributed by atoms with Crippen LogP contribution in [0.4, 0.5) is 4.39 Å². The lowest BCUT2D eigenvalue weighted by molar-refractivity contribution is 0.495. The Kier molecular flexibility index (Phi) is 3.69. The Morgan fingerprint density at radius 2 is 2.35 bits per heavy atom. The van der Waals surface area contributed by atoms with Crippen molar-refractivity contribution in [2.45, 2.75) is 25.4 Å². The van der Waals surface area contributed by atoms with E-state index in [0.717, 1.165) is 30.5 Å². The van der Waals surface area contributed by atoms with Crippen molar-refractivity contribution in [3.05, 3.63) is 40.7 Å². The zero-order chi connectivity index (χ0) is 12.3. The molecule has 1 aromatic rings. The Hall–Kier alpha value is -1.48. The van der Waals surface area contributed by atoms with Crippen LogP contribution in [0.1, 0.15) is 30.0 Å². The average Bonchev–Trinajstić information content (AvgIpc) is 2.38. The van der Waals surface area contributed by atoms with Crippen LogP contribution in [0, 0.1) is 5.82 Å². The summed E-state index contributed by atoms with van der Waals surface area (Å²) in [6, 6.07) is 4.35. The van der Waals surface area contributed by atoms with Crippen LogP contribution in [-0.2, 0) is 11.3 Å². The van der Waals surface area contributed by atoms with Crippen LogP contribution in [0.2, 0.25) is 0 Å². The molecule has 17 heavy (non-hydrogen) atoms. The molecule has 0 spiro atoms. The van der Waals surface area contributed by atoms with E-state index in [2.05, 4.69) is 5.32 Å². The van der Waals surface area contributed by atoms with Crippen LogP contribution in [0.3, 0.4) is 0 Å². The maximum atomic E-state index is 13.1. The zero-order valence-corrected chi connectivity index (χ0v) is 9.50. The molecule has 1 saturated heterocycles. The summed E-state index contributed by atoms with van der Waals surface area (Å²) in [5.41, 5.74) is 7.92. The summed E-state index contributed by atoms with van der Waals surface area (Å²) >= 11 is 0. The Labute approximate surface area is 99.5 Å². The molecule has 0 aliphatic carbocycles. The van der Waals surface area contributed by atoms with E-state index in [-0.39, 0.29) is 18.4 Å². The number of benzene rings is 1. The molecule has 3 N–H and O–H groups in total. The highest BCUT2D eigenvalue weighted by molar-refractivity contribution is 5.57. The highest BCUT2D eigenvalue weighted by Crippen LogP contribution is 2.29. The lowest BCUT2D eigenvalue weighted by Gasteiger charge is -2.26. The lowest BCUT2D eigenvalue weighted by Crippen LogP contribution is -2.30. The fraction of sp³-hybridized carbons (Fsp3) is 0.385. The fourth-order valence-electron chi connectivity index (χ4n) is 2.23. The van der Waals surface area contributed by atoms with Gasteiger partial charge in [-0.3, -0.25) is 0 Å². The topological polar surface area (TPSA) is 55.1 Å². The van der Waals surface area contributed by atoms with Crippen molar-refractivity contribution in [3.63, 3.8) is 0 Å². The van der Waals surface area contributed by atoms with Gasteiger partial charge in [0, 0.05) is 12.1 Å². The molecule has 1 atom stereocenters. The SMILES string of the molecule is NCc1cc(F)ccc1C1NCCCC1=C=O. The smallest absolute Gasteiger partial charge is 0.125 e. The van der Waals surface area contributed by atoms with Crippen molar-refractivity contribution in [1.29, 1.82) is 0 Å². The van der Waals surface area contributed by atoms with E-state index in [1.165, 1.54) is 12.1 Å². The molecule has 1 heterocycles. The molecule has 1 aliphatic heterocycles. The summed E-state index contributed by atoms with van der Waals surface area (Å²) in [6.07, 6.45) is 1.67. The van der Waals surface area contributed by atoms with Crippen molar-refractivity contribution >= 4 is 5.94 Å². The van der Waals surface area contributed by atoms with Crippen molar-refractivity contribution in [1.82, 2.24) is 5.32 Å². The first-order chi connectivity index (χ1) is 8.26. The van der Waals surface area contributed by atoms with E-state index in [1.54, 1.807) is 6.07 Å². The van der Waals surface area contributed by atoms with Crippen LogP contribution in [0.15, 0.2) is 23.8 Å². The molecule has 0 aromatic heterocycles. The lowest BCUT2D eigenvalue weighted by atomic mass is 9.90. The van der Waals surface area contributed by atoms with Gasteiger partial charge in [-0.25, -0.2) is 9.18 Å². The molecule has 1 aliphatic rings. The molecule has 1 fully saturated rings. The number of rotatable bonds is 2. The number of nitrogens with one attached hydrogen (secondary N) is 1. The largest absolute Gasteiger partial charge is 0.326 e. The van der Waals surface area contributed by atoms with Crippen LogP contribution in [0.5, 0.6) is 0 Å². The van der Waals surface area contributed by atoms with E-state index < -0.39 is 0 Å². The minimum Gasteiger partial charge on any atom is -0.326 e. The molecule has 4 heteroatoms. The molecule has 0 bridgehead atoms. The van der Waals surface area contributed by atoms with Crippen molar-refractivity contribution in [2.24, 2.45) is 5.73 Å². The van der Waals surface area contributed by atoms with Crippen LogP contribution >= 0.6 is 0 Å². The zero-order valence-electron chi connectivity index (χ0n) is 9.50. The quantitative estimate of drug-likeness (QED) is 0.762. The molecule has 1 aromatic carbocycles. The number of hydrogen-bond donors (Lipinski definition) is 2. The second-order valence-corrected chi connectivity index (χ2v) is 4.17. The normalized spacial score (nSPS) is 20.1. The third kappa shape index (κ3) is 2.44. The van der Waals surface area contributed by atoms with Gasteiger partial charge in [0.1, 0.15) is 11.8 Å². The molecule has 2 rings (SSSR count). The van der Waals surface area contributed by atoms with Crippen molar-refractivity contribution in [3.8, 4) is 0 Å². The number of piperidine rings is 1. The summed E-state index contributed by atoms with van der Waals surface area (Å²) < 4.78 is 13.1. The third-order valence-electron chi connectivity index (χ3n) is 3.09. The molecule has 0 amide bonds. The molecule has 90 valence electrons. The summed E-state index contributed by atoms with van der Waals surface area (Å²) in [7, 11) is 0. The van der Waals surface area contributed by atoms with Gasteiger partial charge in [0.2, 0.25) is 0 Å². The van der Waals surface area contributed by atoms with Crippen molar-refractivity contribution in [2.75, 3.05) is 6.54 Å². The molecule has 3 nitrogen and oxygen atoms in total. The predicted octanol–water partition coefficient (Wildman–Crippen LogP) is 1.47. The molecule has 0 saturated carbocycles. The summed E-state index contributed by atoms with van der Waals surface area (Å²) in [5.74, 6) is 1.68. The van der Waals surface area contributed by atoms with Crippen LogP contribution in [0.25, 0.3) is 0 Å². The van der Waals surface area contributed by atoms with Gasteiger partial charge >= 0.3 is 0 Å².